The molecule has 2 heterocycles. The Morgan fingerprint density at radius 2 is 2.00 bits per heavy atom. The second-order valence-corrected chi connectivity index (χ2v) is 6.47. The maximum Gasteiger partial charge on any atom is 0.193 e. The third-order valence-corrected chi connectivity index (χ3v) is 4.75. The number of nitrogens with zero attached hydrogens (tertiary/aromatic N) is 2. The molecule has 2 fully saturated rings. The van der Waals surface area contributed by atoms with E-state index in [4.69, 9.17) is 9.47 Å². The van der Waals surface area contributed by atoms with Crippen molar-refractivity contribution in [2.75, 3.05) is 39.9 Å². The fourth-order valence-corrected chi connectivity index (χ4v) is 3.46. The van der Waals surface area contributed by atoms with Crippen LogP contribution in [0.25, 0.3) is 0 Å². The molecule has 0 bridgehead atoms. The van der Waals surface area contributed by atoms with E-state index >= 15 is 0 Å². The Hall–Kier alpha value is -0.860. The summed E-state index contributed by atoms with van der Waals surface area (Å²) in [6.07, 6.45) is 4.88. The Balaban J connectivity index is 0.00000225. The molecule has 0 radical (unpaired) electrons. The number of benzene rings is 1. The van der Waals surface area contributed by atoms with Crippen LogP contribution in [0.4, 0.5) is 0 Å². The van der Waals surface area contributed by atoms with Crippen molar-refractivity contribution in [3.63, 3.8) is 0 Å². The zero-order chi connectivity index (χ0) is 16.6. The number of morpholine rings is 1. The van der Waals surface area contributed by atoms with Gasteiger partial charge in [0, 0.05) is 33.3 Å². The van der Waals surface area contributed by atoms with E-state index < -0.39 is 0 Å². The minimum absolute atomic E-state index is 0. The summed E-state index contributed by atoms with van der Waals surface area (Å²) in [4.78, 5) is 6.76. The maximum absolute atomic E-state index is 5.92. The number of nitrogens with one attached hydrogen (secondary N) is 1. The van der Waals surface area contributed by atoms with E-state index in [1.54, 1.807) is 0 Å². The highest BCUT2D eigenvalue weighted by molar-refractivity contribution is 14.0. The van der Waals surface area contributed by atoms with Crippen molar-refractivity contribution in [1.29, 1.82) is 0 Å². The minimum Gasteiger partial charge on any atom is -0.375 e. The molecule has 1 aromatic carbocycles. The van der Waals surface area contributed by atoms with Crippen LogP contribution in [0.3, 0.4) is 0 Å². The summed E-state index contributed by atoms with van der Waals surface area (Å²) in [6.45, 7) is 4.31. The van der Waals surface area contributed by atoms with Crippen molar-refractivity contribution < 1.29 is 9.47 Å². The number of rotatable bonds is 5. The molecule has 2 unspecified atom stereocenters. The molecule has 5 nitrogen and oxygen atoms in total. The van der Waals surface area contributed by atoms with Crippen molar-refractivity contribution in [3.8, 4) is 0 Å². The van der Waals surface area contributed by atoms with Gasteiger partial charge in [-0.05, 0) is 31.2 Å². The molecule has 6 heteroatoms. The highest BCUT2D eigenvalue weighted by atomic mass is 127. The van der Waals surface area contributed by atoms with Gasteiger partial charge in [0.05, 0.1) is 12.7 Å². The zero-order valence-corrected chi connectivity index (χ0v) is 17.4. The lowest BCUT2D eigenvalue weighted by molar-refractivity contribution is -0.0816. The van der Waals surface area contributed by atoms with Gasteiger partial charge in [-0.25, -0.2) is 0 Å². The van der Waals surface area contributed by atoms with Crippen molar-refractivity contribution in [3.05, 3.63) is 35.9 Å². The number of hydrogen-bond donors (Lipinski definition) is 1. The zero-order valence-electron chi connectivity index (χ0n) is 15.0. The van der Waals surface area contributed by atoms with Crippen LogP contribution in [0, 0.1) is 0 Å². The monoisotopic (exact) mass is 459 g/mol. The molecule has 0 amide bonds. The molecule has 0 spiro atoms. The van der Waals surface area contributed by atoms with Crippen LogP contribution >= 0.6 is 24.0 Å². The molecule has 0 aliphatic carbocycles. The lowest BCUT2D eigenvalue weighted by Crippen LogP contribution is -2.53. The SMILES string of the molecule is CN=C(NCCCc1ccccc1)N1CCOC(C2CCCO2)C1.I. The Morgan fingerprint density at radius 3 is 2.72 bits per heavy atom. The molecule has 25 heavy (non-hydrogen) atoms. The molecule has 0 saturated carbocycles. The molecular weight excluding hydrogens is 429 g/mol. The lowest BCUT2D eigenvalue weighted by atomic mass is 10.1. The number of halogens is 1. The molecular formula is C19H30IN3O2. The standard InChI is InChI=1S/C19H29N3O2.HI/c1-20-19(21-11-5-9-16-7-3-2-4-8-16)22-12-14-24-18(15-22)17-10-6-13-23-17;/h2-4,7-8,17-18H,5-6,9-15H2,1H3,(H,20,21);1H. The van der Waals surface area contributed by atoms with E-state index in [1.807, 2.05) is 7.05 Å². The first-order valence-electron chi connectivity index (χ1n) is 9.09. The van der Waals surface area contributed by atoms with Gasteiger partial charge in [0.15, 0.2) is 5.96 Å². The van der Waals surface area contributed by atoms with Crippen LogP contribution in [-0.4, -0.2) is 63.0 Å². The average Bonchev–Trinajstić information content (AvgIpc) is 3.18. The summed E-state index contributed by atoms with van der Waals surface area (Å²) in [7, 11) is 1.86. The Kier molecular flexibility index (Phi) is 8.98. The van der Waals surface area contributed by atoms with Gasteiger partial charge in [0.25, 0.3) is 0 Å². The number of guanidine groups is 1. The summed E-state index contributed by atoms with van der Waals surface area (Å²) in [5, 5.41) is 3.50. The Morgan fingerprint density at radius 1 is 1.20 bits per heavy atom. The largest absolute Gasteiger partial charge is 0.375 e. The summed E-state index contributed by atoms with van der Waals surface area (Å²) in [5.41, 5.74) is 1.39. The fraction of sp³-hybridized carbons (Fsp3) is 0.632. The number of aliphatic imine (C=N–C) groups is 1. The van der Waals surface area contributed by atoms with Gasteiger partial charge in [0.1, 0.15) is 6.10 Å². The number of ether oxygens (including phenoxy) is 2. The van der Waals surface area contributed by atoms with Gasteiger partial charge in [-0.2, -0.15) is 0 Å². The minimum atomic E-state index is 0. The molecule has 2 saturated heterocycles. The maximum atomic E-state index is 5.92. The molecule has 140 valence electrons. The van der Waals surface area contributed by atoms with Gasteiger partial charge in [-0.3, -0.25) is 4.99 Å². The molecule has 2 atom stereocenters. The first-order chi connectivity index (χ1) is 11.9. The van der Waals surface area contributed by atoms with E-state index in [2.05, 4.69) is 45.5 Å². The van der Waals surface area contributed by atoms with Crippen LogP contribution in [0.15, 0.2) is 35.3 Å². The molecule has 1 aromatic rings. The van der Waals surface area contributed by atoms with Crippen LogP contribution in [0.1, 0.15) is 24.8 Å². The van der Waals surface area contributed by atoms with E-state index in [9.17, 15) is 0 Å². The van der Waals surface area contributed by atoms with E-state index in [0.717, 1.165) is 64.5 Å². The summed E-state index contributed by atoms with van der Waals surface area (Å²) >= 11 is 0. The predicted molar refractivity (Wildman–Crippen MR) is 112 cm³/mol. The van der Waals surface area contributed by atoms with Gasteiger partial charge in [-0.15, -0.1) is 24.0 Å². The second-order valence-electron chi connectivity index (χ2n) is 6.47. The lowest BCUT2D eigenvalue weighted by Gasteiger charge is -2.37. The number of hydrogen-bond acceptors (Lipinski definition) is 3. The topological polar surface area (TPSA) is 46.1 Å². The molecule has 3 rings (SSSR count). The highest BCUT2D eigenvalue weighted by Crippen LogP contribution is 2.21. The van der Waals surface area contributed by atoms with E-state index in [1.165, 1.54) is 5.56 Å². The van der Waals surface area contributed by atoms with Gasteiger partial charge >= 0.3 is 0 Å². The average molecular weight is 459 g/mol. The summed E-state index contributed by atoms with van der Waals surface area (Å²) in [6, 6.07) is 10.6. The summed E-state index contributed by atoms with van der Waals surface area (Å²) in [5.74, 6) is 0.981. The van der Waals surface area contributed by atoms with Crippen LogP contribution < -0.4 is 5.32 Å². The van der Waals surface area contributed by atoms with E-state index in [0.29, 0.717) is 0 Å². The predicted octanol–water partition coefficient (Wildman–Crippen LogP) is 2.69. The smallest absolute Gasteiger partial charge is 0.193 e. The quantitative estimate of drug-likeness (QED) is 0.319. The van der Waals surface area contributed by atoms with Crippen LogP contribution in [0.5, 0.6) is 0 Å². The molecule has 2 aliphatic heterocycles. The molecule has 2 aliphatic rings. The van der Waals surface area contributed by atoms with Crippen molar-refractivity contribution in [2.45, 2.75) is 37.9 Å². The second kappa shape index (κ2) is 11.0. The Bertz CT molecular complexity index is 521. The van der Waals surface area contributed by atoms with Crippen molar-refractivity contribution >= 4 is 29.9 Å². The van der Waals surface area contributed by atoms with Crippen molar-refractivity contribution in [2.24, 2.45) is 4.99 Å². The first kappa shape index (κ1) is 20.5. The highest BCUT2D eigenvalue weighted by Gasteiger charge is 2.32. The molecule has 1 N–H and O–H groups in total. The van der Waals surface area contributed by atoms with Gasteiger partial charge in [0.2, 0.25) is 0 Å². The normalized spacial score (nSPS) is 24.0. The third kappa shape index (κ3) is 6.11. The Labute approximate surface area is 168 Å². The fourth-order valence-electron chi connectivity index (χ4n) is 3.46. The van der Waals surface area contributed by atoms with E-state index in [-0.39, 0.29) is 36.2 Å². The third-order valence-electron chi connectivity index (χ3n) is 4.75. The molecule has 0 aromatic heterocycles. The number of aryl methyl sites for hydroxylation is 1. The van der Waals surface area contributed by atoms with Crippen LogP contribution in [0.2, 0.25) is 0 Å². The van der Waals surface area contributed by atoms with Crippen molar-refractivity contribution in [1.82, 2.24) is 10.2 Å². The van der Waals surface area contributed by atoms with Gasteiger partial charge < -0.3 is 19.7 Å². The van der Waals surface area contributed by atoms with Gasteiger partial charge in [-0.1, -0.05) is 30.3 Å². The summed E-state index contributed by atoms with van der Waals surface area (Å²) < 4.78 is 11.7. The first-order valence-corrected chi connectivity index (χ1v) is 9.09. The van der Waals surface area contributed by atoms with Crippen LogP contribution in [-0.2, 0) is 15.9 Å².